The highest BCUT2D eigenvalue weighted by molar-refractivity contribution is 7.15. The Labute approximate surface area is 158 Å². The Morgan fingerprint density at radius 1 is 1.19 bits per heavy atom. The predicted molar refractivity (Wildman–Crippen MR) is 103 cm³/mol. The minimum absolute atomic E-state index is 0.245. The van der Waals surface area contributed by atoms with Crippen molar-refractivity contribution in [2.45, 2.75) is 13.3 Å². The summed E-state index contributed by atoms with van der Waals surface area (Å²) in [5.41, 5.74) is 3.50. The molecule has 4 rings (SSSR count). The van der Waals surface area contributed by atoms with Crippen molar-refractivity contribution in [3.8, 4) is 17.0 Å². The number of thiazole rings is 1. The third kappa shape index (κ3) is 3.09. The van der Waals surface area contributed by atoms with Gasteiger partial charge in [0.05, 0.1) is 5.69 Å². The zero-order valence-corrected chi connectivity index (χ0v) is 15.4. The van der Waals surface area contributed by atoms with E-state index < -0.39 is 0 Å². The highest BCUT2D eigenvalue weighted by Gasteiger charge is 2.13. The van der Waals surface area contributed by atoms with Crippen LogP contribution in [0.25, 0.3) is 16.2 Å². The van der Waals surface area contributed by atoms with Gasteiger partial charge in [0.1, 0.15) is 11.4 Å². The summed E-state index contributed by atoms with van der Waals surface area (Å²) < 4.78 is 1.68. The molecule has 130 valence electrons. The molecule has 0 radical (unpaired) electrons. The van der Waals surface area contributed by atoms with E-state index in [9.17, 15) is 9.90 Å². The molecule has 1 N–H and O–H groups in total. The van der Waals surface area contributed by atoms with Gasteiger partial charge < -0.3 is 5.11 Å². The molecule has 0 bridgehead atoms. The third-order valence-electron chi connectivity index (χ3n) is 4.13. The fraction of sp³-hybridized carbons (Fsp3) is 0.105. The zero-order valence-electron chi connectivity index (χ0n) is 13.8. The first-order valence-corrected chi connectivity index (χ1v) is 9.19. The number of rotatable bonds is 3. The van der Waals surface area contributed by atoms with E-state index in [0.717, 1.165) is 22.4 Å². The number of aryl methyl sites for hydroxylation is 1. The van der Waals surface area contributed by atoms with Gasteiger partial charge in [0.25, 0.3) is 5.56 Å². The fourth-order valence-electron chi connectivity index (χ4n) is 2.71. The number of phenolic OH excluding ortho intramolecular Hbond substituents is 1. The summed E-state index contributed by atoms with van der Waals surface area (Å²) in [7, 11) is 0. The van der Waals surface area contributed by atoms with E-state index in [1.807, 2.05) is 36.6 Å². The standard InChI is InChI=1S/C19H14ClN3O2S/c1-11-8-13(4-7-17(11)24)16-10-26-19-21-18(25)15(22-23(16)19)9-12-2-5-14(20)6-3-12/h2-8,10,24H,9H2,1H3. The lowest BCUT2D eigenvalue weighted by atomic mass is 10.1. The number of hydrogen-bond donors (Lipinski definition) is 1. The average molecular weight is 384 g/mol. The van der Waals surface area contributed by atoms with Crippen LogP contribution < -0.4 is 5.56 Å². The van der Waals surface area contributed by atoms with Crippen LogP contribution in [0.4, 0.5) is 0 Å². The van der Waals surface area contributed by atoms with Crippen molar-refractivity contribution in [1.82, 2.24) is 14.6 Å². The van der Waals surface area contributed by atoms with Crippen molar-refractivity contribution < 1.29 is 5.11 Å². The van der Waals surface area contributed by atoms with Crippen molar-refractivity contribution in [3.05, 3.63) is 80.0 Å². The maximum Gasteiger partial charge on any atom is 0.296 e. The summed E-state index contributed by atoms with van der Waals surface area (Å²) >= 11 is 7.27. The van der Waals surface area contributed by atoms with E-state index in [-0.39, 0.29) is 11.3 Å². The lowest BCUT2D eigenvalue weighted by Crippen LogP contribution is -2.18. The Morgan fingerprint density at radius 3 is 2.69 bits per heavy atom. The number of aromatic hydroxyl groups is 1. The van der Waals surface area contributed by atoms with Crippen molar-refractivity contribution >= 4 is 27.9 Å². The topological polar surface area (TPSA) is 67.5 Å². The first-order chi connectivity index (χ1) is 12.5. The zero-order chi connectivity index (χ0) is 18.3. The minimum Gasteiger partial charge on any atom is -0.508 e. The van der Waals surface area contributed by atoms with Crippen LogP contribution >= 0.6 is 22.9 Å². The maximum absolute atomic E-state index is 12.3. The van der Waals surface area contributed by atoms with Gasteiger partial charge in [-0.15, -0.1) is 11.3 Å². The number of benzene rings is 2. The van der Waals surface area contributed by atoms with Gasteiger partial charge in [0.2, 0.25) is 4.96 Å². The van der Waals surface area contributed by atoms with Crippen LogP contribution in [0.2, 0.25) is 5.02 Å². The largest absolute Gasteiger partial charge is 0.508 e. The summed E-state index contributed by atoms with van der Waals surface area (Å²) in [5, 5.41) is 16.8. The lowest BCUT2D eigenvalue weighted by Gasteiger charge is -2.06. The maximum atomic E-state index is 12.3. The molecule has 0 spiro atoms. The van der Waals surface area contributed by atoms with Crippen LogP contribution in [0.5, 0.6) is 5.75 Å². The molecule has 0 saturated carbocycles. The summed E-state index contributed by atoms with van der Waals surface area (Å²) in [6, 6.07) is 12.7. The van der Waals surface area contributed by atoms with Crippen molar-refractivity contribution in [2.24, 2.45) is 0 Å². The quantitative estimate of drug-likeness (QED) is 0.579. The van der Waals surface area contributed by atoms with Crippen LogP contribution in [-0.2, 0) is 6.42 Å². The van der Waals surface area contributed by atoms with Crippen LogP contribution in [-0.4, -0.2) is 19.7 Å². The second-order valence-corrected chi connectivity index (χ2v) is 7.26. The molecule has 0 amide bonds. The van der Waals surface area contributed by atoms with Crippen LogP contribution in [0, 0.1) is 6.92 Å². The van der Waals surface area contributed by atoms with Gasteiger partial charge in [0.15, 0.2) is 0 Å². The molecule has 4 aromatic rings. The van der Waals surface area contributed by atoms with Crippen LogP contribution in [0.15, 0.2) is 52.6 Å². The van der Waals surface area contributed by atoms with E-state index in [1.54, 1.807) is 22.7 Å². The van der Waals surface area contributed by atoms with Gasteiger partial charge in [-0.25, -0.2) is 4.52 Å². The minimum atomic E-state index is -0.324. The molecule has 26 heavy (non-hydrogen) atoms. The number of fused-ring (bicyclic) bond motifs is 1. The highest BCUT2D eigenvalue weighted by Crippen LogP contribution is 2.28. The van der Waals surface area contributed by atoms with Crippen molar-refractivity contribution in [2.75, 3.05) is 0 Å². The van der Waals surface area contributed by atoms with E-state index in [0.29, 0.717) is 22.1 Å². The average Bonchev–Trinajstić information content (AvgIpc) is 3.02. The molecule has 0 aliphatic carbocycles. The molecule has 0 aliphatic heterocycles. The first kappa shape index (κ1) is 16.8. The smallest absolute Gasteiger partial charge is 0.296 e. The van der Waals surface area contributed by atoms with Gasteiger partial charge in [-0.2, -0.15) is 10.1 Å². The van der Waals surface area contributed by atoms with Gasteiger partial charge >= 0.3 is 0 Å². The lowest BCUT2D eigenvalue weighted by molar-refractivity contribution is 0.471. The fourth-order valence-corrected chi connectivity index (χ4v) is 3.66. The second-order valence-electron chi connectivity index (χ2n) is 5.98. The summed E-state index contributed by atoms with van der Waals surface area (Å²) in [5.74, 6) is 0.245. The predicted octanol–water partition coefficient (Wildman–Crippen LogP) is 4.08. The monoisotopic (exact) mass is 383 g/mol. The second kappa shape index (κ2) is 6.55. The highest BCUT2D eigenvalue weighted by atomic mass is 35.5. The molecule has 2 heterocycles. The number of halogens is 1. The van der Waals surface area contributed by atoms with Gasteiger partial charge in [0, 0.05) is 22.4 Å². The van der Waals surface area contributed by atoms with Crippen LogP contribution in [0.1, 0.15) is 16.8 Å². The Hall–Kier alpha value is -2.70. The number of phenols is 1. The molecule has 7 heteroatoms. The first-order valence-electron chi connectivity index (χ1n) is 7.93. The molecule has 5 nitrogen and oxygen atoms in total. The van der Waals surface area contributed by atoms with E-state index >= 15 is 0 Å². The summed E-state index contributed by atoms with van der Waals surface area (Å²) in [6.07, 6.45) is 0.385. The normalized spacial score (nSPS) is 11.2. The Bertz CT molecular complexity index is 1170. The Morgan fingerprint density at radius 2 is 1.96 bits per heavy atom. The molecular weight excluding hydrogens is 370 g/mol. The van der Waals surface area contributed by atoms with Gasteiger partial charge in [-0.05, 0) is 48.4 Å². The number of nitrogens with zero attached hydrogens (tertiary/aromatic N) is 3. The summed E-state index contributed by atoms with van der Waals surface area (Å²) in [4.78, 5) is 17.0. The summed E-state index contributed by atoms with van der Waals surface area (Å²) in [6.45, 7) is 1.84. The van der Waals surface area contributed by atoms with Crippen molar-refractivity contribution in [3.63, 3.8) is 0 Å². The molecular formula is C19H14ClN3O2S. The molecule has 2 aromatic heterocycles. The number of aromatic nitrogens is 3. The third-order valence-corrected chi connectivity index (χ3v) is 5.20. The number of hydrogen-bond acceptors (Lipinski definition) is 5. The Kier molecular flexibility index (Phi) is 4.22. The Balaban J connectivity index is 1.80. The van der Waals surface area contributed by atoms with E-state index in [4.69, 9.17) is 11.6 Å². The van der Waals surface area contributed by atoms with Gasteiger partial charge in [-0.1, -0.05) is 23.7 Å². The molecule has 0 atom stereocenters. The molecule has 0 saturated heterocycles. The SMILES string of the molecule is Cc1cc(-c2csc3nc(=O)c(Cc4ccc(Cl)cc4)nn23)ccc1O. The molecule has 0 aliphatic rings. The molecule has 0 fully saturated rings. The molecule has 2 aromatic carbocycles. The van der Waals surface area contributed by atoms with Crippen LogP contribution in [0.3, 0.4) is 0 Å². The van der Waals surface area contributed by atoms with E-state index in [1.165, 1.54) is 11.3 Å². The van der Waals surface area contributed by atoms with Crippen molar-refractivity contribution in [1.29, 1.82) is 0 Å². The van der Waals surface area contributed by atoms with E-state index in [2.05, 4.69) is 10.1 Å². The molecule has 0 unspecified atom stereocenters. The van der Waals surface area contributed by atoms with Gasteiger partial charge in [-0.3, -0.25) is 4.79 Å².